The summed E-state index contributed by atoms with van der Waals surface area (Å²) in [5.41, 5.74) is 7.49. The van der Waals surface area contributed by atoms with Crippen molar-refractivity contribution in [1.82, 2.24) is 5.48 Å². The van der Waals surface area contributed by atoms with Crippen LogP contribution in [-0.4, -0.2) is 19.1 Å². The number of hydrogen-bond donors (Lipinski definition) is 2. The first-order chi connectivity index (χ1) is 6.74. The third-order valence-electron chi connectivity index (χ3n) is 1.47. The maximum absolute atomic E-state index is 12.7. The summed E-state index contributed by atoms with van der Waals surface area (Å²) in [5.74, 6) is -0.950. The Kier molecular flexibility index (Phi) is 4.03. The topological polar surface area (TPSA) is 64.3 Å². The number of hydrogen-bond acceptors (Lipinski definition) is 3. The molecule has 0 aromatic heterocycles. The molecule has 0 aliphatic carbocycles. The van der Waals surface area contributed by atoms with E-state index < -0.39 is 11.7 Å². The van der Waals surface area contributed by atoms with Crippen LogP contribution in [0.3, 0.4) is 0 Å². The summed E-state index contributed by atoms with van der Waals surface area (Å²) >= 11 is 0. The third-order valence-corrected chi connectivity index (χ3v) is 1.47. The highest BCUT2D eigenvalue weighted by Crippen LogP contribution is 2.02. The zero-order chi connectivity index (χ0) is 10.4. The van der Waals surface area contributed by atoms with Crippen molar-refractivity contribution in [3.05, 3.63) is 35.6 Å². The van der Waals surface area contributed by atoms with E-state index in [0.29, 0.717) is 6.54 Å². The number of amides is 1. The Balaban J connectivity index is 2.52. The fourth-order valence-electron chi connectivity index (χ4n) is 0.864. The molecular weight excluding hydrogens is 187 g/mol. The van der Waals surface area contributed by atoms with E-state index in [4.69, 9.17) is 10.6 Å². The van der Waals surface area contributed by atoms with Crippen molar-refractivity contribution in [3.8, 4) is 0 Å². The number of nitrogens with two attached hydrogens (primary N) is 1. The minimum Gasteiger partial charge on any atom is -0.328 e. The summed E-state index contributed by atoms with van der Waals surface area (Å²) < 4.78 is 12.7. The Hall–Kier alpha value is -1.46. The lowest BCUT2D eigenvalue weighted by molar-refractivity contribution is 0.0343. The lowest BCUT2D eigenvalue weighted by Crippen LogP contribution is -2.26. The quantitative estimate of drug-likeness (QED) is 0.545. The van der Waals surface area contributed by atoms with Crippen molar-refractivity contribution < 1.29 is 14.0 Å². The van der Waals surface area contributed by atoms with Crippen LogP contribution in [0.25, 0.3) is 0 Å². The normalized spacial score (nSPS) is 9.86. The molecule has 0 unspecified atom stereocenters. The summed E-state index contributed by atoms with van der Waals surface area (Å²) in [7, 11) is 0. The molecule has 76 valence electrons. The molecule has 0 spiro atoms. The molecule has 0 saturated carbocycles. The van der Waals surface area contributed by atoms with Gasteiger partial charge in [-0.05, 0) is 18.2 Å². The fourth-order valence-corrected chi connectivity index (χ4v) is 0.864. The van der Waals surface area contributed by atoms with E-state index in [1.165, 1.54) is 18.2 Å². The van der Waals surface area contributed by atoms with Gasteiger partial charge < -0.3 is 5.73 Å². The Morgan fingerprint density at radius 2 is 2.36 bits per heavy atom. The van der Waals surface area contributed by atoms with E-state index in [1.54, 1.807) is 0 Å². The smallest absolute Gasteiger partial charge is 0.274 e. The van der Waals surface area contributed by atoms with Gasteiger partial charge in [-0.1, -0.05) is 6.07 Å². The highest BCUT2D eigenvalue weighted by Gasteiger charge is 2.05. The number of rotatable bonds is 4. The first-order valence-electron chi connectivity index (χ1n) is 4.12. The van der Waals surface area contributed by atoms with Crippen molar-refractivity contribution in [2.24, 2.45) is 5.73 Å². The summed E-state index contributed by atoms with van der Waals surface area (Å²) in [6.45, 7) is 0.532. The molecule has 14 heavy (non-hydrogen) atoms. The van der Waals surface area contributed by atoms with Gasteiger partial charge in [0.25, 0.3) is 5.91 Å². The molecule has 1 amide bonds. The number of benzene rings is 1. The second kappa shape index (κ2) is 5.31. The van der Waals surface area contributed by atoms with Gasteiger partial charge in [-0.25, -0.2) is 9.87 Å². The zero-order valence-electron chi connectivity index (χ0n) is 7.50. The van der Waals surface area contributed by atoms with Gasteiger partial charge >= 0.3 is 0 Å². The number of nitrogens with one attached hydrogen (secondary N) is 1. The Bertz CT molecular complexity index is 317. The summed E-state index contributed by atoms with van der Waals surface area (Å²) in [5, 5.41) is 0. The molecule has 0 fully saturated rings. The van der Waals surface area contributed by atoms with E-state index >= 15 is 0 Å². The lowest BCUT2D eigenvalue weighted by Gasteiger charge is -2.04. The molecule has 0 aliphatic heterocycles. The molecule has 0 radical (unpaired) electrons. The van der Waals surface area contributed by atoms with E-state index in [-0.39, 0.29) is 12.2 Å². The van der Waals surface area contributed by atoms with Gasteiger partial charge in [-0.15, -0.1) is 0 Å². The Morgan fingerprint density at radius 1 is 1.57 bits per heavy atom. The molecule has 1 aromatic carbocycles. The first-order valence-corrected chi connectivity index (χ1v) is 4.12. The van der Waals surface area contributed by atoms with Crippen LogP contribution in [0.1, 0.15) is 10.4 Å². The molecule has 4 nitrogen and oxygen atoms in total. The molecule has 1 rings (SSSR count). The van der Waals surface area contributed by atoms with Crippen molar-refractivity contribution in [2.45, 2.75) is 0 Å². The summed E-state index contributed by atoms with van der Waals surface area (Å²) in [6, 6.07) is 5.33. The number of hydroxylamine groups is 1. The van der Waals surface area contributed by atoms with Crippen molar-refractivity contribution in [2.75, 3.05) is 13.2 Å². The van der Waals surface area contributed by atoms with Crippen LogP contribution >= 0.6 is 0 Å². The van der Waals surface area contributed by atoms with Gasteiger partial charge in [0.15, 0.2) is 0 Å². The minimum atomic E-state index is -0.488. The van der Waals surface area contributed by atoms with Crippen molar-refractivity contribution >= 4 is 5.91 Å². The molecular formula is C9H11FN2O2. The second-order valence-electron chi connectivity index (χ2n) is 2.58. The van der Waals surface area contributed by atoms with Gasteiger partial charge in [0.05, 0.1) is 6.61 Å². The maximum Gasteiger partial charge on any atom is 0.274 e. The van der Waals surface area contributed by atoms with Gasteiger partial charge in [0.2, 0.25) is 0 Å². The first kappa shape index (κ1) is 10.6. The fraction of sp³-hybridized carbons (Fsp3) is 0.222. The van der Waals surface area contributed by atoms with Crippen LogP contribution in [0, 0.1) is 5.82 Å². The SMILES string of the molecule is NCCONC(=O)c1cccc(F)c1. The predicted molar refractivity (Wildman–Crippen MR) is 48.9 cm³/mol. The zero-order valence-corrected chi connectivity index (χ0v) is 7.50. The van der Waals surface area contributed by atoms with E-state index in [0.717, 1.165) is 6.07 Å². The van der Waals surface area contributed by atoms with Gasteiger partial charge in [0, 0.05) is 12.1 Å². The van der Waals surface area contributed by atoms with Gasteiger partial charge in [-0.2, -0.15) is 0 Å². The van der Waals surface area contributed by atoms with Crippen molar-refractivity contribution in [1.29, 1.82) is 0 Å². The maximum atomic E-state index is 12.7. The van der Waals surface area contributed by atoms with Crippen LogP contribution in [0.4, 0.5) is 4.39 Å². The Labute approximate surface area is 80.8 Å². The van der Waals surface area contributed by atoms with E-state index in [9.17, 15) is 9.18 Å². The molecule has 0 heterocycles. The van der Waals surface area contributed by atoms with E-state index in [1.807, 2.05) is 0 Å². The second-order valence-corrected chi connectivity index (χ2v) is 2.58. The van der Waals surface area contributed by atoms with Crippen LogP contribution in [0.5, 0.6) is 0 Å². The average molecular weight is 198 g/mol. The molecule has 0 saturated heterocycles. The van der Waals surface area contributed by atoms with Crippen LogP contribution in [0.15, 0.2) is 24.3 Å². The predicted octanol–water partition coefficient (Wildman–Crippen LogP) is 0.446. The number of carbonyl (C=O) groups is 1. The molecule has 5 heteroatoms. The highest BCUT2D eigenvalue weighted by molar-refractivity contribution is 5.93. The van der Waals surface area contributed by atoms with Crippen LogP contribution in [0.2, 0.25) is 0 Å². The van der Waals surface area contributed by atoms with Crippen LogP contribution in [-0.2, 0) is 4.84 Å². The van der Waals surface area contributed by atoms with Gasteiger partial charge in [-0.3, -0.25) is 9.63 Å². The molecule has 3 N–H and O–H groups in total. The van der Waals surface area contributed by atoms with E-state index in [2.05, 4.69) is 5.48 Å². The molecule has 1 aromatic rings. The number of carbonyl (C=O) groups excluding carboxylic acids is 1. The van der Waals surface area contributed by atoms with Crippen LogP contribution < -0.4 is 11.2 Å². The summed E-state index contributed by atoms with van der Waals surface area (Å²) in [4.78, 5) is 15.9. The standard InChI is InChI=1S/C9H11FN2O2/c10-8-3-1-2-7(6-8)9(13)12-14-5-4-11/h1-3,6H,4-5,11H2,(H,12,13). The van der Waals surface area contributed by atoms with Crippen molar-refractivity contribution in [3.63, 3.8) is 0 Å². The minimum absolute atomic E-state index is 0.210. The average Bonchev–Trinajstić information content (AvgIpc) is 2.18. The Morgan fingerprint density at radius 3 is 3.00 bits per heavy atom. The lowest BCUT2D eigenvalue weighted by atomic mass is 10.2. The monoisotopic (exact) mass is 198 g/mol. The summed E-state index contributed by atoms with van der Waals surface area (Å²) in [6.07, 6.45) is 0. The van der Waals surface area contributed by atoms with Gasteiger partial charge in [0.1, 0.15) is 5.82 Å². The third kappa shape index (κ3) is 3.12. The number of halogens is 1. The highest BCUT2D eigenvalue weighted by atomic mass is 19.1. The largest absolute Gasteiger partial charge is 0.328 e. The molecule has 0 aliphatic rings. The molecule has 0 bridgehead atoms. The molecule has 0 atom stereocenters.